The zero-order valence-electron chi connectivity index (χ0n) is 11.2. The van der Waals surface area contributed by atoms with E-state index in [0.29, 0.717) is 18.5 Å². The van der Waals surface area contributed by atoms with E-state index in [2.05, 4.69) is 0 Å². The Morgan fingerprint density at radius 1 is 1.32 bits per heavy atom. The maximum Gasteiger partial charge on any atom is 0.339 e. The van der Waals surface area contributed by atoms with Crippen molar-refractivity contribution in [3.8, 4) is 5.75 Å². The van der Waals surface area contributed by atoms with Gasteiger partial charge in [0.25, 0.3) is 0 Å². The number of aromatic carboxylic acids is 1. The number of hydrogen-bond acceptors (Lipinski definition) is 3. The molecule has 0 radical (unpaired) electrons. The summed E-state index contributed by atoms with van der Waals surface area (Å²) in [6.45, 7) is 0.467. The van der Waals surface area contributed by atoms with Crippen molar-refractivity contribution in [1.82, 2.24) is 0 Å². The largest absolute Gasteiger partial charge is 0.496 e. The highest BCUT2D eigenvalue weighted by Gasteiger charge is 2.15. The first kappa shape index (κ1) is 13.9. The molecule has 0 saturated heterocycles. The average Bonchev–Trinajstić information content (AvgIpc) is 2.46. The first-order valence-corrected chi connectivity index (χ1v) is 6.72. The van der Waals surface area contributed by atoms with Crippen LogP contribution in [0.15, 0.2) is 18.2 Å². The van der Waals surface area contributed by atoms with Gasteiger partial charge in [0.2, 0.25) is 0 Å². The summed E-state index contributed by atoms with van der Waals surface area (Å²) in [6.07, 6.45) is 6.31. The van der Waals surface area contributed by atoms with Gasteiger partial charge in [0.1, 0.15) is 11.3 Å². The van der Waals surface area contributed by atoms with Gasteiger partial charge < -0.3 is 14.6 Å². The number of benzene rings is 1. The van der Waals surface area contributed by atoms with Crippen LogP contribution < -0.4 is 4.74 Å². The summed E-state index contributed by atoms with van der Waals surface area (Å²) in [7, 11) is 1.47. The molecule has 1 aromatic carbocycles. The molecule has 19 heavy (non-hydrogen) atoms. The summed E-state index contributed by atoms with van der Waals surface area (Å²) in [5.41, 5.74) is 1.07. The third-order valence-electron chi connectivity index (χ3n) is 3.53. The molecule has 4 nitrogen and oxygen atoms in total. The number of carboxylic acids is 1. The van der Waals surface area contributed by atoms with Crippen LogP contribution in [0.3, 0.4) is 0 Å². The molecule has 0 heterocycles. The van der Waals surface area contributed by atoms with Gasteiger partial charge in [-0.2, -0.15) is 0 Å². The lowest BCUT2D eigenvalue weighted by Crippen LogP contribution is -2.16. The maximum atomic E-state index is 11.1. The Hall–Kier alpha value is -1.55. The van der Waals surface area contributed by atoms with E-state index in [1.54, 1.807) is 12.1 Å². The Morgan fingerprint density at radius 3 is 2.68 bits per heavy atom. The van der Waals surface area contributed by atoms with Crippen LogP contribution in [0.25, 0.3) is 0 Å². The molecule has 0 aromatic heterocycles. The van der Waals surface area contributed by atoms with Gasteiger partial charge in [0.05, 0.1) is 19.8 Å². The maximum absolute atomic E-state index is 11.1. The van der Waals surface area contributed by atoms with E-state index in [0.717, 1.165) is 18.4 Å². The molecule has 0 amide bonds. The molecule has 1 N–H and O–H groups in total. The van der Waals surface area contributed by atoms with Crippen LogP contribution in [0.4, 0.5) is 0 Å². The first-order chi connectivity index (χ1) is 9.20. The van der Waals surface area contributed by atoms with Crippen LogP contribution in [0.2, 0.25) is 0 Å². The van der Waals surface area contributed by atoms with E-state index >= 15 is 0 Å². The molecule has 2 rings (SSSR count). The van der Waals surface area contributed by atoms with Crippen LogP contribution in [0, 0.1) is 0 Å². The van der Waals surface area contributed by atoms with Crippen LogP contribution in [-0.2, 0) is 11.3 Å². The first-order valence-electron chi connectivity index (χ1n) is 6.72. The summed E-state index contributed by atoms with van der Waals surface area (Å²) in [4.78, 5) is 11.1. The van der Waals surface area contributed by atoms with E-state index in [-0.39, 0.29) is 5.56 Å². The van der Waals surface area contributed by atoms with Crippen molar-refractivity contribution < 1.29 is 19.4 Å². The topological polar surface area (TPSA) is 55.8 Å². The standard InChI is InChI=1S/C15H20O4/c1-18-14-8-7-11(9-13(14)15(16)17)10-19-12-5-3-2-4-6-12/h7-9,12H,2-6,10H2,1H3,(H,16,17). The Labute approximate surface area is 113 Å². The van der Waals surface area contributed by atoms with Gasteiger partial charge in [-0.15, -0.1) is 0 Å². The molecular weight excluding hydrogens is 244 g/mol. The second-order valence-electron chi connectivity index (χ2n) is 4.91. The fourth-order valence-corrected chi connectivity index (χ4v) is 2.46. The fourth-order valence-electron chi connectivity index (χ4n) is 2.46. The highest BCUT2D eigenvalue weighted by molar-refractivity contribution is 5.91. The highest BCUT2D eigenvalue weighted by atomic mass is 16.5. The lowest BCUT2D eigenvalue weighted by Gasteiger charge is -2.22. The second-order valence-corrected chi connectivity index (χ2v) is 4.91. The molecule has 0 bridgehead atoms. The molecule has 1 fully saturated rings. The second kappa shape index (κ2) is 6.57. The fraction of sp³-hybridized carbons (Fsp3) is 0.533. The summed E-state index contributed by atoms with van der Waals surface area (Å²) in [5.74, 6) is -0.592. The summed E-state index contributed by atoms with van der Waals surface area (Å²) in [5, 5.41) is 9.12. The molecular formula is C15H20O4. The van der Waals surface area contributed by atoms with Crippen molar-refractivity contribution in [3.05, 3.63) is 29.3 Å². The van der Waals surface area contributed by atoms with E-state index < -0.39 is 5.97 Å². The molecule has 0 atom stereocenters. The molecule has 1 aliphatic rings. The average molecular weight is 264 g/mol. The van der Waals surface area contributed by atoms with Crippen LogP contribution in [-0.4, -0.2) is 24.3 Å². The van der Waals surface area contributed by atoms with Gasteiger partial charge in [-0.3, -0.25) is 0 Å². The SMILES string of the molecule is COc1ccc(COC2CCCCC2)cc1C(=O)O. The Bertz CT molecular complexity index is 436. The molecule has 104 valence electrons. The molecule has 1 saturated carbocycles. The zero-order chi connectivity index (χ0) is 13.7. The van der Waals surface area contributed by atoms with Gasteiger partial charge in [-0.1, -0.05) is 25.3 Å². The molecule has 1 aromatic rings. The normalized spacial score (nSPS) is 16.3. The molecule has 4 heteroatoms. The van der Waals surface area contributed by atoms with E-state index in [1.807, 2.05) is 6.07 Å². The lowest BCUT2D eigenvalue weighted by atomic mass is 9.98. The predicted octanol–water partition coefficient (Wildman–Crippen LogP) is 3.24. The predicted molar refractivity (Wildman–Crippen MR) is 71.6 cm³/mol. The Balaban J connectivity index is 2.00. The number of carboxylic acid groups (broad SMARTS) is 1. The van der Waals surface area contributed by atoms with Crippen LogP contribution in [0.1, 0.15) is 48.0 Å². The number of ether oxygens (including phenoxy) is 2. The summed E-state index contributed by atoms with van der Waals surface area (Å²) in [6, 6.07) is 5.17. The molecule has 0 aliphatic heterocycles. The summed E-state index contributed by atoms with van der Waals surface area (Å²) < 4.78 is 10.9. The van der Waals surface area contributed by atoms with Gasteiger partial charge in [0, 0.05) is 0 Å². The van der Waals surface area contributed by atoms with Crippen molar-refractivity contribution in [2.45, 2.75) is 44.8 Å². The number of rotatable bonds is 5. The highest BCUT2D eigenvalue weighted by Crippen LogP contribution is 2.23. The Kier molecular flexibility index (Phi) is 4.80. The van der Waals surface area contributed by atoms with Crippen molar-refractivity contribution in [2.75, 3.05) is 7.11 Å². The monoisotopic (exact) mass is 264 g/mol. The minimum atomic E-state index is -0.976. The van der Waals surface area contributed by atoms with Gasteiger partial charge >= 0.3 is 5.97 Å². The van der Waals surface area contributed by atoms with E-state index in [4.69, 9.17) is 14.6 Å². The third-order valence-corrected chi connectivity index (χ3v) is 3.53. The van der Waals surface area contributed by atoms with E-state index in [9.17, 15) is 4.79 Å². The van der Waals surface area contributed by atoms with Crippen molar-refractivity contribution in [3.63, 3.8) is 0 Å². The van der Waals surface area contributed by atoms with Gasteiger partial charge in [0.15, 0.2) is 0 Å². The molecule has 1 aliphatic carbocycles. The number of carbonyl (C=O) groups is 1. The third kappa shape index (κ3) is 3.70. The minimum Gasteiger partial charge on any atom is -0.496 e. The molecule has 0 spiro atoms. The Morgan fingerprint density at radius 2 is 2.05 bits per heavy atom. The number of methoxy groups -OCH3 is 1. The van der Waals surface area contributed by atoms with Crippen molar-refractivity contribution in [1.29, 1.82) is 0 Å². The van der Waals surface area contributed by atoms with Crippen LogP contribution in [0.5, 0.6) is 5.75 Å². The smallest absolute Gasteiger partial charge is 0.339 e. The van der Waals surface area contributed by atoms with Gasteiger partial charge in [-0.05, 0) is 30.5 Å². The number of hydrogen-bond donors (Lipinski definition) is 1. The molecule has 0 unspecified atom stereocenters. The van der Waals surface area contributed by atoms with E-state index in [1.165, 1.54) is 26.4 Å². The lowest BCUT2D eigenvalue weighted by molar-refractivity contribution is 0.0168. The zero-order valence-corrected chi connectivity index (χ0v) is 11.2. The van der Waals surface area contributed by atoms with Crippen LogP contribution >= 0.6 is 0 Å². The van der Waals surface area contributed by atoms with Crippen molar-refractivity contribution in [2.24, 2.45) is 0 Å². The van der Waals surface area contributed by atoms with Crippen molar-refractivity contribution >= 4 is 5.97 Å². The quantitative estimate of drug-likeness (QED) is 0.887. The van der Waals surface area contributed by atoms with Gasteiger partial charge in [-0.25, -0.2) is 4.79 Å². The minimum absolute atomic E-state index is 0.187. The summed E-state index contributed by atoms with van der Waals surface area (Å²) >= 11 is 0.